The van der Waals surface area contributed by atoms with Crippen molar-refractivity contribution in [2.24, 2.45) is 0 Å². The number of aliphatic hydroxyl groups excluding tert-OH is 1. The number of carbonyl (C=O) groups excluding carboxylic acids is 1. The van der Waals surface area contributed by atoms with E-state index >= 15 is 0 Å². The SMILES string of the molecule is COC(=O)C1CC(O)CN1C1CCCCCC1. The first-order valence-corrected chi connectivity index (χ1v) is 6.74. The van der Waals surface area contributed by atoms with Crippen LogP contribution in [-0.4, -0.2) is 47.8 Å². The molecule has 1 aliphatic heterocycles. The number of hydrogen-bond acceptors (Lipinski definition) is 4. The normalized spacial score (nSPS) is 32.4. The fraction of sp³-hybridized carbons (Fsp3) is 0.923. The smallest absolute Gasteiger partial charge is 0.323 e. The number of carbonyl (C=O) groups is 1. The van der Waals surface area contributed by atoms with Crippen molar-refractivity contribution in [3.8, 4) is 0 Å². The summed E-state index contributed by atoms with van der Waals surface area (Å²) in [7, 11) is 1.43. The molecule has 2 unspecified atom stereocenters. The quantitative estimate of drug-likeness (QED) is 0.585. The van der Waals surface area contributed by atoms with Crippen LogP contribution in [0.4, 0.5) is 0 Å². The molecule has 0 bridgehead atoms. The number of β-amino-alcohol motifs (C(OH)–C–C–N with tert-alkyl or cyclic N) is 1. The van der Waals surface area contributed by atoms with Crippen LogP contribution < -0.4 is 0 Å². The number of rotatable bonds is 2. The lowest BCUT2D eigenvalue weighted by Crippen LogP contribution is -2.43. The molecule has 17 heavy (non-hydrogen) atoms. The minimum Gasteiger partial charge on any atom is -0.468 e. The molecule has 0 aromatic heterocycles. The molecule has 0 spiro atoms. The van der Waals surface area contributed by atoms with Crippen molar-refractivity contribution in [1.82, 2.24) is 4.90 Å². The van der Waals surface area contributed by atoms with Crippen LogP contribution in [0.3, 0.4) is 0 Å². The van der Waals surface area contributed by atoms with Crippen LogP contribution in [0, 0.1) is 0 Å². The van der Waals surface area contributed by atoms with Gasteiger partial charge in [-0.3, -0.25) is 9.69 Å². The molecule has 2 atom stereocenters. The largest absolute Gasteiger partial charge is 0.468 e. The maximum absolute atomic E-state index is 11.7. The number of aliphatic hydroxyl groups is 1. The van der Waals surface area contributed by atoms with Gasteiger partial charge >= 0.3 is 5.97 Å². The van der Waals surface area contributed by atoms with E-state index in [0.717, 1.165) is 12.8 Å². The van der Waals surface area contributed by atoms with Gasteiger partial charge in [0.25, 0.3) is 0 Å². The fourth-order valence-electron chi connectivity index (χ4n) is 3.20. The first-order valence-electron chi connectivity index (χ1n) is 6.74. The van der Waals surface area contributed by atoms with Crippen molar-refractivity contribution in [2.45, 2.75) is 63.1 Å². The van der Waals surface area contributed by atoms with Crippen molar-refractivity contribution in [1.29, 1.82) is 0 Å². The zero-order valence-corrected chi connectivity index (χ0v) is 10.6. The molecular formula is C13H23NO3. The van der Waals surface area contributed by atoms with Crippen molar-refractivity contribution in [3.63, 3.8) is 0 Å². The lowest BCUT2D eigenvalue weighted by atomic mass is 10.1. The van der Waals surface area contributed by atoms with Crippen LogP contribution >= 0.6 is 0 Å². The third-order valence-corrected chi connectivity index (χ3v) is 4.08. The van der Waals surface area contributed by atoms with Gasteiger partial charge in [-0.15, -0.1) is 0 Å². The van der Waals surface area contributed by atoms with Gasteiger partial charge < -0.3 is 9.84 Å². The van der Waals surface area contributed by atoms with E-state index in [0.29, 0.717) is 19.0 Å². The molecule has 4 nitrogen and oxygen atoms in total. The Labute approximate surface area is 103 Å². The fourth-order valence-corrected chi connectivity index (χ4v) is 3.20. The highest BCUT2D eigenvalue weighted by Gasteiger charge is 2.40. The van der Waals surface area contributed by atoms with Crippen LogP contribution in [0.5, 0.6) is 0 Å². The lowest BCUT2D eigenvalue weighted by molar-refractivity contribution is -0.146. The molecule has 98 valence electrons. The Morgan fingerprint density at radius 1 is 1.24 bits per heavy atom. The van der Waals surface area contributed by atoms with Gasteiger partial charge in [0, 0.05) is 19.0 Å². The summed E-state index contributed by atoms with van der Waals surface area (Å²) in [5, 5.41) is 9.77. The van der Waals surface area contributed by atoms with Crippen molar-refractivity contribution in [3.05, 3.63) is 0 Å². The summed E-state index contributed by atoms with van der Waals surface area (Å²) in [6.07, 6.45) is 7.55. The number of hydrogen-bond donors (Lipinski definition) is 1. The molecule has 0 aromatic rings. The summed E-state index contributed by atoms with van der Waals surface area (Å²) < 4.78 is 4.84. The number of esters is 1. The van der Waals surface area contributed by atoms with Crippen molar-refractivity contribution >= 4 is 5.97 Å². The van der Waals surface area contributed by atoms with E-state index in [9.17, 15) is 9.90 Å². The summed E-state index contributed by atoms with van der Waals surface area (Å²) in [6, 6.07) is 0.233. The number of likely N-dealkylation sites (tertiary alicyclic amines) is 1. The molecular weight excluding hydrogens is 218 g/mol. The number of methoxy groups -OCH3 is 1. The van der Waals surface area contributed by atoms with E-state index in [1.807, 2.05) is 0 Å². The second-order valence-corrected chi connectivity index (χ2v) is 5.27. The first-order chi connectivity index (χ1) is 8.22. The molecule has 0 radical (unpaired) electrons. The first kappa shape index (κ1) is 12.8. The molecule has 2 rings (SSSR count). The molecule has 0 amide bonds. The molecule has 1 heterocycles. The third kappa shape index (κ3) is 2.99. The van der Waals surface area contributed by atoms with E-state index in [1.165, 1.54) is 32.8 Å². The predicted molar refractivity (Wildman–Crippen MR) is 64.6 cm³/mol. The highest BCUT2D eigenvalue weighted by molar-refractivity contribution is 5.76. The van der Waals surface area contributed by atoms with Crippen LogP contribution in [0.25, 0.3) is 0 Å². The van der Waals surface area contributed by atoms with Gasteiger partial charge in [-0.2, -0.15) is 0 Å². The summed E-state index contributed by atoms with van der Waals surface area (Å²) in [4.78, 5) is 13.9. The Morgan fingerprint density at radius 2 is 1.88 bits per heavy atom. The zero-order chi connectivity index (χ0) is 12.3. The maximum Gasteiger partial charge on any atom is 0.323 e. The Kier molecular flexibility index (Phi) is 4.40. The lowest BCUT2D eigenvalue weighted by Gasteiger charge is -2.30. The second kappa shape index (κ2) is 5.83. The Bertz CT molecular complexity index is 261. The minimum atomic E-state index is -0.373. The maximum atomic E-state index is 11.7. The van der Waals surface area contributed by atoms with Crippen molar-refractivity contribution < 1.29 is 14.6 Å². The second-order valence-electron chi connectivity index (χ2n) is 5.27. The van der Waals surface area contributed by atoms with E-state index in [2.05, 4.69) is 4.90 Å². The van der Waals surface area contributed by atoms with Gasteiger partial charge in [0.15, 0.2) is 0 Å². The average molecular weight is 241 g/mol. The average Bonchev–Trinajstić information content (AvgIpc) is 2.56. The summed E-state index contributed by atoms with van der Waals surface area (Å²) in [5.41, 5.74) is 0. The number of nitrogens with zero attached hydrogens (tertiary/aromatic N) is 1. The highest BCUT2D eigenvalue weighted by atomic mass is 16.5. The molecule has 1 aliphatic carbocycles. The molecule has 2 aliphatic rings. The molecule has 1 N–H and O–H groups in total. The Morgan fingerprint density at radius 3 is 2.47 bits per heavy atom. The van der Waals surface area contributed by atoms with Gasteiger partial charge in [-0.1, -0.05) is 25.7 Å². The standard InChI is InChI=1S/C13H23NO3/c1-17-13(16)12-8-11(15)9-14(12)10-6-4-2-3-5-7-10/h10-12,15H,2-9H2,1H3. The van der Waals surface area contributed by atoms with Crippen LogP contribution in [0.1, 0.15) is 44.9 Å². The molecule has 1 saturated carbocycles. The predicted octanol–water partition coefficient (Wildman–Crippen LogP) is 1.32. The molecule has 4 heteroatoms. The van der Waals surface area contributed by atoms with Gasteiger partial charge in [0.1, 0.15) is 6.04 Å². The zero-order valence-electron chi connectivity index (χ0n) is 10.6. The Hall–Kier alpha value is -0.610. The summed E-state index contributed by atoms with van der Waals surface area (Å²) >= 11 is 0. The number of ether oxygens (including phenoxy) is 1. The van der Waals surface area contributed by atoms with E-state index in [4.69, 9.17) is 4.74 Å². The monoisotopic (exact) mass is 241 g/mol. The summed E-state index contributed by atoms with van der Waals surface area (Å²) in [5.74, 6) is -0.189. The summed E-state index contributed by atoms with van der Waals surface area (Å²) in [6.45, 7) is 0.629. The van der Waals surface area contributed by atoms with Gasteiger partial charge in [-0.05, 0) is 12.8 Å². The molecule has 2 fully saturated rings. The Balaban J connectivity index is 2.03. The highest BCUT2D eigenvalue weighted by Crippen LogP contribution is 2.29. The van der Waals surface area contributed by atoms with E-state index < -0.39 is 0 Å². The third-order valence-electron chi connectivity index (χ3n) is 4.08. The molecule has 1 saturated heterocycles. The van der Waals surface area contributed by atoms with Crippen LogP contribution in [0.2, 0.25) is 0 Å². The van der Waals surface area contributed by atoms with Gasteiger partial charge in [-0.25, -0.2) is 0 Å². The van der Waals surface area contributed by atoms with E-state index in [1.54, 1.807) is 0 Å². The van der Waals surface area contributed by atoms with Crippen LogP contribution in [-0.2, 0) is 9.53 Å². The van der Waals surface area contributed by atoms with Gasteiger partial charge in [0.05, 0.1) is 13.2 Å². The molecule has 0 aromatic carbocycles. The van der Waals surface area contributed by atoms with E-state index in [-0.39, 0.29) is 18.1 Å². The van der Waals surface area contributed by atoms with Gasteiger partial charge in [0.2, 0.25) is 0 Å². The van der Waals surface area contributed by atoms with Crippen molar-refractivity contribution in [2.75, 3.05) is 13.7 Å². The van der Waals surface area contributed by atoms with Crippen LogP contribution in [0.15, 0.2) is 0 Å². The topological polar surface area (TPSA) is 49.8 Å². The minimum absolute atomic E-state index is 0.189.